The first-order chi connectivity index (χ1) is 8.27. The summed E-state index contributed by atoms with van der Waals surface area (Å²) < 4.78 is 14.1. The van der Waals surface area contributed by atoms with Crippen molar-refractivity contribution in [1.82, 2.24) is 0 Å². The summed E-state index contributed by atoms with van der Waals surface area (Å²) >= 11 is 0. The number of aliphatic hydroxyl groups is 1. The van der Waals surface area contributed by atoms with Crippen LogP contribution in [0.4, 0.5) is 0 Å². The van der Waals surface area contributed by atoms with Gasteiger partial charge < -0.3 is 19.3 Å². The minimum atomic E-state index is -1.51. The molecule has 0 aromatic carbocycles. The second-order valence-electron chi connectivity index (χ2n) is 3.49. The van der Waals surface area contributed by atoms with Crippen molar-refractivity contribution in [2.75, 3.05) is 6.61 Å². The molecule has 0 aromatic heterocycles. The van der Waals surface area contributed by atoms with Gasteiger partial charge in [-0.1, -0.05) is 6.58 Å². The van der Waals surface area contributed by atoms with Crippen molar-refractivity contribution >= 4 is 17.9 Å². The molecule has 0 fully saturated rings. The zero-order valence-corrected chi connectivity index (χ0v) is 10.5. The maximum Gasteiger partial charge on any atom is 0.336 e. The SMILES string of the molecule is C=C(C)C(=O)OC(OC(C)=O)C(CO)OC(C)=O. The van der Waals surface area contributed by atoms with Crippen molar-refractivity contribution in [3.8, 4) is 0 Å². The van der Waals surface area contributed by atoms with E-state index >= 15 is 0 Å². The lowest BCUT2D eigenvalue weighted by Crippen LogP contribution is -2.40. The molecule has 7 nitrogen and oxygen atoms in total. The molecular weight excluding hydrogens is 244 g/mol. The Hall–Kier alpha value is -1.89. The number of aliphatic hydroxyl groups excluding tert-OH is 1. The lowest BCUT2D eigenvalue weighted by atomic mass is 10.3. The molecular formula is C11H16O7. The molecule has 0 bridgehead atoms. The summed E-state index contributed by atoms with van der Waals surface area (Å²) in [6.45, 7) is 6.27. The van der Waals surface area contributed by atoms with Crippen LogP contribution >= 0.6 is 0 Å². The highest BCUT2D eigenvalue weighted by Gasteiger charge is 2.30. The van der Waals surface area contributed by atoms with Gasteiger partial charge in [-0.15, -0.1) is 0 Å². The summed E-state index contributed by atoms with van der Waals surface area (Å²) in [5.74, 6) is -2.29. The van der Waals surface area contributed by atoms with Crippen LogP contribution in [-0.4, -0.2) is 42.0 Å². The van der Waals surface area contributed by atoms with Crippen LogP contribution in [0.25, 0.3) is 0 Å². The van der Waals surface area contributed by atoms with E-state index in [2.05, 4.69) is 16.1 Å². The Labute approximate surface area is 104 Å². The molecule has 2 atom stereocenters. The molecule has 0 aromatic rings. The van der Waals surface area contributed by atoms with Crippen molar-refractivity contribution < 1.29 is 33.7 Å². The van der Waals surface area contributed by atoms with Gasteiger partial charge in [0.15, 0.2) is 6.10 Å². The van der Waals surface area contributed by atoms with E-state index in [1.165, 1.54) is 6.92 Å². The molecule has 18 heavy (non-hydrogen) atoms. The molecule has 2 unspecified atom stereocenters. The number of rotatable bonds is 6. The molecule has 0 aliphatic carbocycles. The van der Waals surface area contributed by atoms with E-state index in [4.69, 9.17) is 9.84 Å². The molecule has 0 aliphatic rings. The summed E-state index contributed by atoms with van der Waals surface area (Å²) in [7, 11) is 0. The van der Waals surface area contributed by atoms with Crippen molar-refractivity contribution in [2.24, 2.45) is 0 Å². The number of carbonyl (C=O) groups excluding carboxylic acids is 3. The van der Waals surface area contributed by atoms with Crippen molar-refractivity contribution in [3.63, 3.8) is 0 Å². The minimum absolute atomic E-state index is 0.0756. The van der Waals surface area contributed by atoms with Gasteiger partial charge in [0.1, 0.15) is 0 Å². The van der Waals surface area contributed by atoms with E-state index in [-0.39, 0.29) is 5.57 Å². The van der Waals surface area contributed by atoms with E-state index < -0.39 is 36.9 Å². The summed E-state index contributed by atoms with van der Waals surface area (Å²) in [5.41, 5.74) is 0.0756. The zero-order valence-electron chi connectivity index (χ0n) is 10.5. The highest BCUT2D eigenvalue weighted by atomic mass is 16.7. The van der Waals surface area contributed by atoms with E-state index in [9.17, 15) is 14.4 Å². The maximum absolute atomic E-state index is 11.3. The van der Waals surface area contributed by atoms with Gasteiger partial charge in [0, 0.05) is 19.4 Å². The van der Waals surface area contributed by atoms with Crippen LogP contribution in [0.3, 0.4) is 0 Å². The molecule has 102 valence electrons. The second-order valence-corrected chi connectivity index (χ2v) is 3.49. The molecule has 0 heterocycles. The van der Waals surface area contributed by atoms with Crippen LogP contribution in [-0.2, 0) is 28.6 Å². The topological polar surface area (TPSA) is 99.1 Å². The Morgan fingerprint density at radius 3 is 1.89 bits per heavy atom. The zero-order chi connectivity index (χ0) is 14.3. The monoisotopic (exact) mass is 260 g/mol. The first kappa shape index (κ1) is 16.1. The summed E-state index contributed by atoms with van der Waals surface area (Å²) in [6.07, 6.45) is -2.80. The molecule has 0 spiro atoms. The third kappa shape index (κ3) is 6.00. The predicted molar refractivity (Wildman–Crippen MR) is 59.1 cm³/mol. The fourth-order valence-corrected chi connectivity index (χ4v) is 0.938. The van der Waals surface area contributed by atoms with Gasteiger partial charge in [-0.2, -0.15) is 0 Å². The van der Waals surface area contributed by atoms with Crippen molar-refractivity contribution in [3.05, 3.63) is 12.2 Å². The van der Waals surface area contributed by atoms with Crippen LogP contribution in [0.2, 0.25) is 0 Å². The minimum Gasteiger partial charge on any atom is -0.452 e. The van der Waals surface area contributed by atoms with Gasteiger partial charge in [-0.3, -0.25) is 9.59 Å². The number of hydrogen-bond acceptors (Lipinski definition) is 7. The average molecular weight is 260 g/mol. The molecule has 0 saturated carbocycles. The number of esters is 3. The van der Waals surface area contributed by atoms with Gasteiger partial charge in [0.2, 0.25) is 0 Å². The van der Waals surface area contributed by atoms with Gasteiger partial charge in [-0.05, 0) is 6.92 Å². The highest BCUT2D eigenvalue weighted by molar-refractivity contribution is 5.87. The Morgan fingerprint density at radius 1 is 1.06 bits per heavy atom. The van der Waals surface area contributed by atoms with Crippen LogP contribution in [0.1, 0.15) is 20.8 Å². The standard InChI is InChI=1S/C11H16O7/c1-6(2)10(15)18-11(17-8(4)14)9(5-12)16-7(3)13/h9,11-12H,1,5H2,2-4H3. The fourth-order valence-electron chi connectivity index (χ4n) is 0.938. The molecule has 1 N–H and O–H groups in total. The van der Waals surface area contributed by atoms with E-state index in [1.54, 1.807) is 0 Å². The van der Waals surface area contributed by atoms with Crippen molar-refractivity contribution in [1.29, 1.82) is 0 Å². The summed E-state index contributed by atoms with van der Waals surface area (Å²) in [5, 5.41) is 9.03. The van der Waals surface area contributed by atoms with E-state index in [0.29, 0.717) is 0 Å². The number of carbonyl (C=O) groups is 3. The molecule has 0 aliphatic heterocycles. The molecule has 0 amide bonds. The third-order valence-electron chi connectivity index (χ3n) is 1.65. The maximum atomic E-state index is 11.3. The number of hydrogen-bond donors (Lipinski definition) is 1. The Morgan fingerprint density at radius 2 is 1.56 bits per heavy atom. The number of ether oxygens (including phenoxy) is 3. The molecule has 7 heteroatoms. The summed E-state index contributed by atoms with van der Waals surface area (Å²) in [6, 6.07) is 0. The first-order valence-electron chi connectivity index (χ1n) is 5.09. The lowest BCUT2D eigenvalue weighted by Gasteiger charge is -2.24. The van der Waals surface area contributed by atoms with Gasteiger partial charge in [0.25, 0.3) is 6.29 Å². The second kappa shape index (κ2) is 7.44. The molecule has 0 rings (SSSR count). The lowest BCUT2D eigenvalue weighted by molar-refractivity contribution is -0.214. The Bertz CT molecular complexity index is 347. The van der Waals surface area contributed by atoms with E-state index in [0.717, 1.165) is 13.8 Å². The van der Waals surface area contributed by atoms with Crippen LogP contribution in [0.5, 0.6) is 0 Å². The van der Waals surface area contributed by atoms with Gasteiger partial charge >= 0.3 is 17.9 Å². The Kier molecular flexibility index (Phi) is 6.66. The Balaban J connectivity index is 4.82. The van der Waals surface area contributed by atoms with Crippen LogP contribution < -0.4 is 0 Å². The first-order valence-corrected chi connectivity index (χ1v) is 5.09. The quantitative estimate of drug-likeness (QED) is 0.405. The summed E-state index contributed by atoms with van der Waals surface area (Å²) in [4.78, 5) is 33.0. The van der Waals surface area contributed by atoms with Crippen molar-refractivity contribution in [2.45, 2.75) is 33.2 Å². The largest absolute Gasteiger partial charge is 0.452 e. The third-order valence-corrected chi connectivity index (χ3v) is 1.65. The van der Waals surface area contributed by atoms with Crippen LogP contribution in [0, 0.1) is 0 Å². The van der Waals surface area contributed by atoms with E-state index in [1.807, 2.05) is 0 Å². The molecule has 0 radical (unpaired) electrons. The molecule has 0 saturated heterocycles. The fraction of sp³-hybridized carbons (Fsp3) is 0.545. The van der Waals surface area contributed by atoms with Gasteiger partial charge in [-0.25, -0.2) is 4.79 Å². The smallest absolute Gasteiger partial charge is 0.336 e. The predicted octanol–water partition coefficient (Wildman–Crippen LogP) is -0.0811. The van der Waals surface area contributed by atoms with Crippen LogP contribution in [0.15, 0.2) is 12.2 Å². The highest BCUT2D eigenvalue weighted by Crippen LogP contribution is 2.09. The normalized spacial score (nSPS) is 13.1. The average Bonchev–Trinajstić information content (AvgIpc) is 2.23. The van der Waals surface area contributed by atoms with Gasteiger partial charge in [0.05, 0.1) is 6.61 Å².